The van der Waals surface area contributed by atoms with E-state index in [1.165, 1.54) is 0 Å². The number of halogens is 1. The van der Waals surface area contributed by atoms with Crippen molar-refractivity contribution < 1.29 is 50.1 Å². The molecule has 7 heterocycles. The first kappa shape index (κ1) is 30.0. The number of nitrogen functional groups attached to an aromatic ring is 2. The van der Waals surface area contributed by atoms with Gasteiger partial charge in [-0.1, -0.05) is 0 Å². The molecular weight excluding hydrogens is 650 g/mol. The Morgan fingerprint density at radius 2 is 1.73 bits per heavy atom. The minimum absolute atomic E-state index is 0.00215. The lowest BCUT2D eigenvalue weighted by Gasteiger charge is -2.25. The maximum absolute atomic E-state index is 15.9. The largest absolute Gasteiger partial charge is 0.472 e. The van der Waals surface area contributed by atoms with Crippen molar-refractivity contribution in [2.75, 3.05) is 23.8 Å². The zero-order valence-electron chi connectivity index (χ0n) is 22.6. The monoisotopic (exact) mass is 674 g/mol. The Bertz CT molecular complexity index is 2010. The lowest BCUT2D eigenvalue weighted by atomic mass is 10.1. The van der Waals surface area contributed by atoms with E-state index in [2.05, 4.69) is 29.9 Å². The molecule has 0 aliphatic carbocycles. The van der Waals surface area contributed by atoms with Gasteiger partial charge in [-0.2, -0.15) is 13.4 Å². The van der Waals surface area contributed by atoms with Gasteiger partial charge in [-0.25, -0.2) is 28.9 Å². The van der Waals surface area contributed by atoms with Crippen LogP contribution in [0.3, 0.4) is 0 Å². The number of ether oxygens (including phenoxy) is 2. The van der Waals surface area contributed by atoms with Crippen LogP contribution >= 0.6 is 7.82 Å². The van der Waals surface area contributed by atoms with Crippen LogP contribution in [0.25, 0.3) is 22.3 Å². The number of hydrogen-bond acceptors (Lipinski definition) is 17. The first-order valence-electron chi connectivity index (χ1n) is 13.2. The number of anilines is 2. The first-order chi connectivity index (χ1) is 21.3. The van der Waals surface area contributed by atoms with Gasteiger partial charge in [0.25, 0.3) is 15.7 Å². The van der Waals surface area contributed by atoms with Crippen molar-refractivity contribution in [2.45, 2.75) is 55.6 Å². The minimum Gasteiger partial charge on any atom is -0.387 e. The predicted molar refractivity (Wildman–Crippen MR) is 145 cm³/mol. The molecule has 4 aromatic rings. The summed E-state index contributed by atoms with van der Waals surface area (Å²) in [7, 11) is -9.68. The molecule has 3 fully saturated rings. The zero-order valence-corrected chi connectivity index (χ0v) is 24.3. The summed E-state index contributed by atoms with van der Waals surface area (Å²) >= 11 is 0. The molecule has 3 aliphatic heterocycles. The van der Waals surface area contributed by atoms with Gasteiger partial charge in [0.2, 0.25) is 5.95 Å². The average Bonchev–Trinajstić information content (AvgIpc) is 3.72. The van der Waals surface area contributed by atoms with Crippen LogP contribution in [0.1, 0.15) is 18.9 Å². The summed E-state index contributed by atoms with van der Waals surface area (Å²) in [6.07, 6.45) is -10.4. The fourth-order valence-corrected chi connectivity index (χ4v) is 7.60. The number of hydrogen-bond donors (Lipinski definition) is 5. The van der Waals surface area contributed by atoms with E-state index >= 15 is 4.39 Å². The number of rotatable bonds is 2. The second-order valence-corrected chi connectivity index (χ2v) is 13.5. The number of alkyl halides is 1. The molecule has 7 N–H and O–H groups in total. The summed E-state index contributed by atoms with van der Waals surface area (Å²) in [5.74, 6) is -1.06. The standard InChI is InChI=1S/C21H24FN10O11PS/c22-9-13-8(41-19(9)31-5-27-10-15(23)25-4-26-16(10)31)3-39-44(35,36)42-14-12(33)7(1-2-45(37,38)43-13)40-20(14)32-6-28-11-17(32)29-21(24)30-18(11)34/h4-9,12-14,19-20,33H,1-3H2,(H,35,36)(H2,23,25,26)(H3,24,29,30,34)/t7-,8-,9-,12-,13?,14-,19-,20-/m1/s1. The molecule has 3 saturated heterocycles. The average molecular weight is 675 g/mol. The molecule has 45 heavy (non-hydrogen) atoms. The molecule has 0 saturated carbocycles. The van der Waals surface area contributed by atoms with Crippen LogP contribution in [0, 0.1) is 0 Å². The van der Waals surface area contributed by atoms with Crippen molar-refractivity contribution in [1.29, 1.82) is 0 Å². The second kappa shape index (κ2) is 10.7. The van der Waals surface area contributed by atoms with Crippen LogP contribution in [0.15, 0.2) is 23.8 Å². The number of aliphatic hydroxyl groups is 1. The fraction of sp³-hybridized carbons (Fsp3) is 0.524. The molecule has 9 atom stereocenters. The third-order valence-corrected chi connectivity index (χ3v) is 9.77. The van der Waals surface area contributed by atoms with E-state index in [1.807, 2.05) is 0 Å². The molecule has 0 amide bonds. The lowest BCUT2D eigenvalue weighted by molar-refractivity contribution is -0.0561. The van der Waals surface area contributed by atoms with Crippen LogP contribution in [0.5, 0.6) is 0 Å². The Balaban J connectivity index is 1.21. The smallest absolute Gasteiger partial charge is 0.387 e. The lowest BCUT2D eigenvalue weighted by Crippen LogP contribution is -2.37. The number of H-pyrrole nitrogens is 1. The van der Waals surface area contributed by atoms with E-state index in [-0.39, 0.29) is 34.1 Å². The van der Waals surface area contributed by atoms with E-state index in [0.29, 0.717) is 0 Å². The van der Waals surface area contributed by atoms with E-state index in [9.17, 15) is 27.8 Å². The van der Waals surface area contributed by atoms with Gasteiger partial charge in [-0.05, 0) is 6.42 Å². The Morgan fingerprint density at radius 1 is 1.02 bits per heavy atom. The second-order valence-electron chi connectivity index (χ2n) is 10.4. The molecule has 4 aromatic heterocycles. The van der Waals surface area contributed by atoms with E-state index in [4.69, 9.17) is 34.2 Å². The maximum Gasteiger partial charge on any atom is 0.472 e. The van der Waals surface area contributed by atoms with Crippen molar-refractivity contribution >= 4 is 52.0 Å². The molecule has 3 aliphatic rings. The highest BCUT2D eigenvalue weighted by Crippen LogP contribution is 2.51. The minimum atomic E-state index is -5.13. The van der Waals surface area contributed by atoms with E-state index < -0.39 is 91.4 Å². The third kappa shape index (κ3) is 5.24. The Morgan fingerprint density at radius 3 is 2.51 bits per heavy atom. The Kier molecular flexibility index (Phi) is 7.14. The first-order valence-corrected chi connectivity index (χ1v) is 16.2. The Hall–Kier alpha value is -3.67. The number of nitrogens with two attached hydrogens (primary N) is 2. The number of aromatic amines is 1. The molecule has 242 valence electrons. The fourth-order valence-electron chi connectivity index (χ4n) is 5.48. The molecule has 2 bridgehead atoms. The van der Waals surface area contributed by atoms with Gasteiger partial charge in [0.1, 0.15) is 36.3 Å². The highest BCUT2D eigenvalue weighted by atomic mass is 32.2. The van der Waals surface area contributed by atoms with E-state index in [1.54, 1.807) is 0 Å². The van der Waals surface area contributed by atoms with E-state index in [0.717, 1.165) is 28.1 Å². The topological polar surface area (TPSA) is 297 Å². The van der Waals surface area contributed by atoms with Crippen molar-refractivity contribution in [3.8, 4) is 0 Å². The molecular formula is C21H24FN10O11PS. The zero-order chi connectivity index (χ0) is 31.8. The van der Waals surface area contributed by atoms with Gasteiger partial charge in [-0.3, -0.25) is 32.1 Å². The number of imidazole rings is 2. The van der Waals surface area contributed by atoms with Gasteiger partial charge in [0.05, 0.1) is 31.1 Å². The van der Waals surface area contributed by atoms with Crippen LogP contribution in [0.4, 0.5) is 16.2 Å². The molecule has 7 rings (SSSR count). The van der Waals surface area contributed by atoms with Gasteiger partial charge < -0.3 is 30.9 Å². The number of nitrogens with one attached hydrogen (secondary N) is 1. The maximum atomic E-state index is 15.9. The van der Waals surface area contributed by atoms with Gasteiger partial charge in [0.15, 0.2) is 41.3 Å². The predicted octanol–water partition coefficient (Wildman–Crippen LogP) is -1.76. The van der Waals surface area contributed by atoms with Crippen molar-refractivity contribution in [3.63, 3.8) is 0 Å². The molecule has 0 aromatic carbocycles. The van der Waals surface area contributed by atoms with Gasteiger partial charge in [-0.15, -0.1) is 0 Å². The Labute approximate surface area is 250 Å². The summed E-state index contributed by atoms with van der Waals surface area (Å²) in [5, 5.41) is 11.0. The van der Waals surface area contributed by atoms with Crippen LogP contribution in [0.2, 0.25) is 0 Å². The molecule has 24 heteroatoms. The summed E-state index contributed by atoms with van der Waals surface area (Å²) in [4.78, 5) is 45.1. The third-order valence-electron chi connectivity index (χ3n) is 7.53. The number of nitrogens with zero attached hydrogens (tertiary/aromatic N) is 7. The summed E-state index contributed by atoms with van der Waals surface area (Å²) < 4.78 is 84.8. The number of phosphoric acid groups is 1. The van der Waals surface area contributed by atoms with Gasteiger partial charge in [0, 0.05) is 0 Å². The molecule has 0 spiro atoms. The van der Waals surface area contributed by atoms with Crippen molar-refractivity contribution in [3.05, 3.63) is 29.3 Å². The molecule has 2 unspecified atom stereocenters. The quantitative estimate of drug-likeness (QED) is 0.116. The van der Waals surface area contributed by atoms with Crippen molar-refractivity contribution in [2.24, 2.45) is 0 Å². The number of aromatic nitrogens is 8. The summed E-state index contributed by atoms with van der Waals surface area (Å²) in [5.41, 5.74) is 10.7. The highest BCUT2D eigenvalue weighted by Gasteiger charge is 2.53. The van der Waals surface area contributed by atoms with Crippen LogP contribution in [-0.4, -0.2) is 107 Å². The number of phosphoric ester groups is 1. The summed E-state index contributed by atoms with van der Waals surface area (Å²) in [6, 6.07) is 0. The van der Waals surface area contributed by atoms with Crippen LogP contribution in [-0.2, 0) is 37.4 Å². The summed E-state index contributed by atoms with van der Waals surface area (Å²) in [6.45, 7) is -0.895. The SMILES string of the molecule is Nc1nc2c(ncn2[C@@H]2O[C@@H]3CCS(=O)(=O)OC4[C@@H](F)[C@H](n5cnc6c(N)ncnc65)O[C@@H]4COP(=O)(O)O[C@@H]2[C@@H]3O)c(=O)[nH]1. The highest BCUT2D eigenvalue weighted by molar-refractivity contribution is 7.86. The number of fused-ring (bicyclic) bond motifs is 5. The normalized spacial score (nSPS) is 35.5. The number of aliphatic hydroxyl groups excluding tert-OH is 1. The van der Waals surface area contributed by atoms with Gasteiger partial charge >= 0.3 is 7.82 Å². The van der Waals surface area contributed by atoms with Crippen LogP contribution < -0.4 is 17.0 Å². The van der Waals surface area contributed by atoms with Crippen molar-refractivity contribution in [1.82, 2.24) is 39.0 Å². The molecule has 21 nitrogen and oxygen atoms in total. The molecule has 0 radical (unpaired) electrons.